The molecule has 1 aromatic rings. The quantitative estimate of drug-likeness (QED) is 0.894. The Labute approximate surface area is 129 Å². The van der Waals surface area contributed by atoms with Gasteiger partial charge in [-0.3, -0.25) is 9.59 Å². The summed E-state index contributed by atoms with van der Waals surface area (Å²) in [6.45, 7) is 6.23. The molecule has 2 amide bonds. The number of hydrogen-bond acceptors (Lipinski definition) is 3. The molecule has 1 saturated heterocycles. The average Bonchev–Trinajstić information content (AvgIpc) is 2.81. The minimum Gasteiger partial charge on any atom is -0.478 e. The molecule has 0 bridgehead atoms. The summed E-state index contributed by atoms with van der Waals surface area (Å²) >= 11 is 0. The molecule has 0 saturated carbocycles. The number of amides is 2. The van der Waals surface area contributed by atoms with Crippen LogP contribution in [-0.2, 0) is 9.59 Å². The van der Waals surface area contributed by atoms with Gasteiger partial charge in [0, 0.05) is 24.2 Å². The Morgan fingerprint density at radius 3 is 2.27 bits per heavy atom. The van der Waals surface area contributed by atoms with Crippen LogP contribution in [0.1, 0.15) is 37.6 Å². The molecular formula is C16H20N2O4. The summed E-state index contributed by atoms with van der Waals surface area (Å²) in [5, 5.41) is 11.6. The van der Waals surface area contributed by atoms with Crippen LogP contribution < -0.4 is 5.32 Å². The highest BCUT2D eigenvalue weighted by Gasteiger charge is 2.39. The van der Waals surface area contributed by atoms with Gasteiger partial charge in [0.2, 0.25) is 11.8 Å². The van der Waals surface area contributed by atoms with E-state index in [-0.39, 0.29) is 35.3 Å². The molecule has 118 valence electrons. The molecule has 0 aliphatic carbocycles. The topological polar surface area (TPSA) is 86.7 Å². The second-order valence-corrected chi connectivity index (χ2v) is 6.45. The zero-order valence-corrected chi connectivity index (χ0v) is 12.9. The lowest BCUT2D eigenvalue weighted by Gasteiger charge is -2.31. The Kier molecular flexibility index (Phi) is 4.21. The number of carbonyl (C=O) groups is 3. The molecule has 1 unspecified atom stereocenters. The van der Waals surface area contributed by atoms with Crippen molar-refractivity contribution in [2.75, 3.05) is 11.9 Å². The van der Waals surface area contributed by atoms with Crippen molar-refractivity contribution in [3.05, 3.63) is 29.8 Å². The van der Waals surface area contributed by atoms with E-state index in [2.05, 4.69) is 5.32 Å². The Morgan fingerprint density at radius 1 is 1.23 bits per heavy atom. The zero-order chi connectivity index (χ0) is 16.5. The molecule has 1 heterocycles. The fourth-order valence-corrected chi connectivity index (χ4v) is 2.47. The molecule has 0 spiro atoms. The third-order valence-corrected chi connectivity index (χ3v) is 3.70. The second-order valence-electron chi connectivity index (χ2n) is 6.45. The third-order valence-electron chi connectivity index (χ3n) is 3.70. The van der Waals surface area contributed by atoms with Crippen molar-refractivity contribution in [2.45, 2.75) is 32.7 Å². The molecule has 1 aliphatic heterocycles. The molecule has 1 aromatic carbocycles. The van der Waals surface area contributed by atoms with E-state index in [0.29, 0.717) is 12.2 Å². The number of carboxylic acid groups (broad SMARTS) is 1. The minimum absolute atomic E-state index is 0.0196. The largest absolute Gasteiger partial charge is 0.478 e. The average molecular weight is 304 g/mol. The SMILES string of the molecule is CC(C)(C)N1CC(C(=O)Nc2ccc(C(=O)O)cc2)CC1=O. The molecule has 0 aromatic heterocycles. The summed E-state index contributed by atoms with van der Waals surface area (Å²) in [6.07, 6.45) is 0.205. The van der Waals surface area contributed by atoms with Gasteiger partial charge < -0.3 is 15.3 Å². The van der Waals surface area contributed by atoms with Crippen molar-refractivity contribution in [1.82, 2.24) is 4.90 Å². The van der Waals surface area contributed by atoms with Crippen LogP contribution in [0.15, 0.2) is 24.3 Å². The maximum absolute atomic E-state index is 12.2. The van der Waals surface area contributed by atoms with E-state index in [1.807, 2.05) is 20.8 Å². The molecule has 1 fully saturated rings. The van der Waals surface area contributed by atoms with E-state index in [1.165, 1.54) is 12.1 Å². The van der Waals surface area contributed by atoms with Gasteiger partial charge in [0.05, 0.1) is 11.5 Å². The maximum Gasteiger partial charge on any atom is 0.335 e. The lowest BCUT2D eigenvalue weighted by Crippen LogP contribution is -2.42. The van der Waals surface area contributed by atoms with E-state index in [4.69, 9.17) is 5.11 Å². The van der Waals surface area contributed by atoms with Crippen LogP contribution in [0, 0.1) is 5.92 Å². The van der Waals surface area contributed by atoms with Crippen LogP contribution >= 0.6 is 0 Å². The predicted molar refractivity (Wildman–Crippen MR) is 81.6 cm³/mol. The Bertz CT molecular complexity index is 602. The number of rotatable bonds is 3. The van der Waals surface area contributed by atoms with E-state index in [9.17, 15) is 14.4 Å². The fraction of sp³-hybridized carbons (Fsp3) is 0.438. The van der Waals surface area contributed by atoms with Gasteiger partial charge in [-0.05, 0) is 45.0 Å². The Morgan fingerprint density at radius 2 is 1.82 bits per heavy atom. The summed E-state index contributed by atoms with van der Waals surface area (Å²) in [4.78, 5) is 36.7. The lowest BCUT2D eigenvalue weighted by atomic mass is 10.1. The minimum atomic E-state index is -1.01. The van der Waals surface area contributed by atoms with Gasteiger partial charge in [-0.25, -0.2) is 4.79 Å². The van der Waals surface area contributed by atoms with Crippen LogP contribution in [0.25, 0.3) is 0 Å². The van der Waals surface area contributed by atoms with Gasteiger partial charge in [0.15, 0.2) is 0 Å². The number of hydrogen-bond donors (Lipinski definition) is 2. The van der Waals surface area contributed by atoms with Crippen molar-refractivity contribution >= 4 is 23.5 Å². The summed E-state index contributed by atoms with van der Waals surface area (Å²) in [5.41, 5.74) is 0.388. The number of anilines is 1. The van der Waals surface area contributed by atoms with Crippen molar-refractivity contribution in [3.8, 4) is 0 Å². The summed E-state index contributed by atoms with van der Waals surface area (Å²) in [6, 6.07) is 5.94. The molecule has 1 atom stereocenters. The first kappa shape index (κ1) is 16.0. The van der Waals surface area contributed by atoms with Gasteiger partial charge in [0.1, 0.15) is 0 Å². The number of carbonyl (C=O) groups excluding carboxylic acids is 2. The Hall–Kier alpha value is -2.37. The molecule has 2 rings (SSSR count). The van der Waals surface area contributed by atoms with E-state index >= 15 is 0 Å². The van der Waals surface area contributed by atoms with Crippen LogP contribution in [0.5, 0.6) is 0 Å². The van der Waals surface area contributed by atoms with Crippen molar-refractivity contribution < 1.29 is 19.5 Å². The van der Waals surface area contributed by atoms with E-state index in [1.54, 1.807) is 17.0 Å². The number of nitrogens with zero attached hydrogens (tertiary/aromatic N) is 1. The van der Waals surface area contributed by atoms with Crippen molar-refractivity contribution in [3.63, 3.8) is 0 Å². The first-order chi connectivity index (χ1) is 10.2. The van der Waals surface area contributed by atoms with Gasteiger partial charge in [-0.15, -0.1) is 0 Å². The smallest absolute Gasteiger partial charge is 0.335 e. The van der Waals surface area contributed by atoms with Crippen LogP contribution in [0.4, 0.5) is 5.69 Å². The highest BCUT2D eigenvalue weighted by Crippen LogP contribution is 2.26. The number of likely N-dealkylation sites (tertiary alicyclic amines) is 1. The Balaban J connectivity index is 2.01. The third kappa shape index (κ3) is 3.44. The normalized spacial score (nSPS) is 18.4. The number of nitrogens with one attached hydrogen (secondary N) is 1. The van der Waals surface area contributed by atoms with Gasteiger partial charge in [0.25, 0.3) is 0 Å². The zero-order valence-electron chi connectivity index (χ0n) is 12.9. The molecule has 22 heavy (non-hydrogen) atoms. The lowest BCUT2D eigenvalue weighted by molar-refractivity contribution is -0.131. The fourth-order valence-electron chi connectivity index (χ4n) is 2.47. The molecule has 1 aliphatic rings. The molecule has 6 nitrogen and oxygen atoms in total. The molecule has 2 N–H and O–H groups in total. The highest BCUT2D eigenvalue weighted by atomic mass is 16.4. The molecular weight excluding hydrogens is 284 g/mol. The monoisotopic (exact) mass is 304 g/mol. The summed E-state index contributed by atoms with van der Waals surface area (Å²) < 4.78 is 0. The predicted octanol–water partition coefficient (Wildman–Crippen LogP) is 1.97. The van der Waals surface area contributed by atoms with Crippen LogP contribution in [0.3, 0.4) is 0 Å². The molecule has 0 radical (unpaired) electrons. The maximum atomic E-state index is 12.2. The highest BCUT2D eigenvalue weighted by molar-refractivity contribution is 5.97. The number of benzene rings is 1. The van der Waals surface area contributed by atoms with E-state index in [0.717, 1.165) is 0 Å². The van der Waals surface area contributed by atoms with Gasteiger partial charge in [-0.2, -0.15) is 0 Å². The first-order valence-corrected chi connectivity index (χ1v) is 7.13. The first-order valence-electron chi connectivity index (χ1n) is 7.13. The van der Waals surface area contributed by atoms with Crippen LogP contribution in [-0.4, -0.2) is 39.9 Å². The van der Waals surface area contributed by atoms with Crippen molar-refractivity contribution in [1.29, 1.82) is 0 Å². The second kappa shape index (κ2) is 5.79. The van der Waals surface area contributed by atoms with Gasteiger partial charge in [-0.1, -0.05) is 0 Å². The summed E-state index contributed by atoms with van der Waals surface area (Å²) in [5.74, 6) is -1.64. The van der Waals surface area contributed by atoms with Gasteiger partial charge >= 0.3 is 5.97 Å². The standard InChI is InChI=1S/C16H20N2O4/c1-16(2,3)18-9-11(8-13(18)19)14(20)17-12-6-4-10(5-7-12)15(21)22/h4-7,11H,8-9H2,1-3H3,(H,17,20)(H,21,22). The van der Waals surface area contributed by atoms with E-state index < -0.39 is 5.97 Å². The number of carboxylic acids is 1. The number of aromatic carboxylic acids is 1. The van der Waals surface area contributed by atoms with Crippen molar-refractivity contribution in [2.24, 2.45) is 5.92 Å². The van der Waals surface area contributed by atoms with Crippen LogP contribution in [0.2, 0.25) is 0 Å². The summed E-state index contributed by atoms with van der Waals surface area (Å²) in [7, 11) is 0. The molecule has 6 heteroatoms.